The van der Waals surface area contributed by atoms with E-state index in [1.54, 1.807) is 27.0 Å². The number of esters is 1. The second-order valence-electron chi connectivity index (χ2n) is 9.62. The zero-order valence-corrected chi connectivity index (χ0v) is 20.0. The molecule has 0 aliphatic heterocycles. The maximum Gasteiger partial charge on any atom is 0.408 e. The second kappa shape index (κ2) is 11.2. The number of H-pyrrole nitrogens is 1. The number of aryl methyl sites for hydroxylation is 1. The lowest BCUT2D eigenvalue weighted by Gasteiger charge is -2.23. The summed E-state index contributed by atoms with van der Waals surface area (Å²) < 4.78 is 10.9. The smallest absolute Gasteiger partial charge is 0.408 e. The van der Waals surface area contributed by atoms with Crippen molar-refractivity contribution in [2.75, 3.05) is 6.61 Å². The highest BCUT2D eigenvalue weighted by atomic mass is 16.6. The molecule has 0 fully saturated rings. The van der Waals surface area contributed by atoms with Crippen molar-refractivity contribution in [1.82, 2.24) is 15.3 Å². The van der Waals surface area contributed by atoms with Gasteiger partial charge in [-0.15, -0.1) is 0 Å². The second-order valence-corrected chi connectivity index (χ2v) is 9.62. The average molecular weight is 454 g/mol. The molecule has 0 bridgehead atoms. The third kappa shape index (κ3) is 8.08. The molecular formula is C26H35N3O4. The molecule has 1 heterocycles. The van der Waals surface area contributed by atoms with Crippen LogP contribution < -0.4 is 5.32 Å². The molecule has 3 rings (SSSR count). The molecule has 0 spiro atoms. The quantitative estimate of drug-likeness (QED) is 0.538. The highest BCUT2D eigenvalue weighted by Crippen LogP contribution is 2.23. The van der Waals surface area contributed by atoms with Crippen molar-refractivity contribution < 1.29 is 19.1 Å². The maximum absolute atomic E-state index is 12.8. The third-order valence-corrected chi connectivity index (χ3v) is 5.35. The number of rotatable bonds is 8. The zero-order chi connectivity index (χ0) is 23.8. The van der Waals surface area contributed by atoms with Crippen LogP contribution in [-0.2, 0) is 20.7 Å². The molecule has 1 amide bonds. The molecule has 0 radical (unpaired) electrons. The largest absolute Gasteiger partial charge is 0.460 e. The van der Waals surface area contributed by atoms with Crippen molar-refractivity contribution in [3.8, 4) is 0 Å². The normalized spacial score (nSPS) is 18.8. The molecular weight excluding hydrogens is 418 g/mol. The molecule has 2 aliphatic carbocycles. The van der Waals surface area contributed by atoms with Crippen LogP contribution in [0.2, 0.25) is 0 Å². The number of hydrogen-bond acceptors (Lipinski definition) is 5. The molecule has 2 aliphatic rings. The van der Waals surface area contributed by atoms with Crippen LogP contribution in [0.5, 0.6) is 0 Å². The topological polar surface area (TPSA) is 93.3 Å². The van der Waals surface area contributed by atoms with Crippen molar-refractivity contribution in [2.24, 2.45) is 5.92 Å². The number of alkyl carbamates (subject to hydrolysis) is 1. The van der Waals surface area contributed by atoms with Crippen molar-refractivity contribution in [2.45, 2.75) is 71.4 Å². The Balaban J connectivity index is 1.62. The number of allylic oxidation sites excluding steroid dienone is 7. The minimum Gasteiger partial charge on any atom is -0.460 e. The van der Waals surface area contributed by atoms with Gasteiger partial charge < -0.3 is 19.8 Å². The van der Waals surface area contributed by atoms with Crippen LogP contribution in [0.1, 0.15) is 64.9 Å². The monoisotopic (exact) mass is 453 g/mol. The van der Waals surface area contributed by atoms with Gasteiger partial charge in [-0.25, -0.2) is 14.6 Å². The average Bonchev–Trinajstić information content (AvgIpc) is 3.23. The van der Waals surface area contributed by atoms with E-state index in [0.29, 0.717) is 18.8 Å². The summed E-state index contributed by atoms with van der Waals surface area (Å²) in [5.74, 6) is 0.764. The Morgan fingerprint density at radius 1 is 1.30 bits per heavy atom. The molecule has 1 unspecified atom stereocenters. The lowest BCUT2D eigenvalue weighted by atomic mass is 9.97. The van der Waals surface area contributed by atoms with E-state index < -0.39 is 23.7 Å². The molecule has 0 aromatic carbocycles. The van der Waals surface area contributed by atoms with Gasteiger partial charge in [-0.2, -0.15) is 0 Å². The number of imidazole rings is 1. The van der Waals surface area contributed by atoms with E-state index in [9.17, 15) is 9.59 Å². The highest BCUT2D eigenvalue weighted by Gasteiger charge is 2.26. The minimum atomic E-state index is -0.832. The van der Waals surface area contributed by atoms with Gasteiger partial charge in [0.1, 0.15) is 24.1 Å². The Kier molecular flexibility index (Phi) is 8.31. The lowest BCUT2D eigenvalue weighted by Crippen LogP contribution is -2.44. The first kappa shape index (κ1) is 24.6. The summed E-state index contributed by atoms with van der Waals surface area (Å²) in [5.41, 5.74) is 2.46. The fraction of sp³-hybridized carbons (Fsp3) is 0.500. The van der Waals surface area contributed by atoms with Gasteiger partial charge in [0.25, 0.3) is 0 Å². The minimum absolute atomic E-state index is 0.221. The van der Waals surface area contributed by atoms with Gasteiger partial charge in [0.2, 0.25) is 0 Å². The first-order valence-corrected chi connectivity index (χ1v) is 11.6. The number of amides is 1. The number of aromatic amines is 1. The number of ether oxygens (including phenoxy) is 2. The number of carbonyl (C=O) groups excluding carboxylic acids is 2. The van der Waals surface area contributed by atoms with Gasteiger partial charge in [0, 0.05) is 6.42 Å². The fourth-order valence-corrected chi connectivity index (χ4v) is 3.67. The standard InChI is InChI=1S/C26H35N3O4/c1-18-9-8-12-20(15-18)22-16-27-23(28-22)14-13-21(29-25(31)33-26(2,3)4)24(30)32-17-19-10-6-5-7-11-19/h5-6,8,10,12,15-16,18,21H,7,9,11,13-14,17H2,1-4H3,(H,27,28)(H,29,31)/t18?,21-/m0/s1. The predicted molar refractivity (Wildman–Crippen MR) is 128 cm³/mol. The molecule has 33 heavy (non-hydrogen) atoms. The van der Waals surface area contributed by atoms with Crippen LogP contribution in [0.4, 0.5) is 4.79 Å². The van der Waals surface area contributed by atoms with Gasteiger partial charge in [0.15, 0.2) is 0 Å². The predicted octanol–water partition coefficient (Wildman–Crippen LogP) is 5.03. The van der Waals surface area contributed by atoms with Crippen LogP contribution in [0.15, 0.2) is 48.2 Å². The van der Waals surface area contributed by atoms with Crippen molar-refractivity contribution in [3.63, 3.8) is 0 Å². The fourth-order valence-electron chi connectivity index (χ4n) is 3.67. The van der Waals surface area contributed by atoms with Crippen LogP contribution in [0.3, 0.4) is 0 Å². The van der Waals surface area contributed by atoms with Crippen molar-refractivity contribution >= 4 is 17.6 Å². The Morgan fingerprint density at radius 3 is 2.82 bits per heavy atom. The van der Waals surface area contributed by atoms with Crippen LogP contribution in [0.25, 0.3) is 5.57 Å². The summed E-state index contributed by atoms with van der Waals surface area (Å²) in [5, 5.41) is 2.67. The zero-order valence-electron chi connectivity index (χ0n) is 20.0. The van der Waals surface area contributed by atoms with E-state index in [1.807, 2.05) is 12.2 Å². The number of nitrogens with one attached hydrogen (secondary N) is 2. The van der Waals surface area contributed by atoms with Gasteiger partial charge in [-0.05, 0) is 63.5 Å². The number of nitrogens with zero attached hydrogens (tertiary/aromatic N) is 1. The van der Waals surface area contributed by atoms with Gasteiger partial charge in [0.05, 0.1) is 11.9 Å². The van der Waals surface area contributed by atoms with E-state index >= 15 is 0 Å². The van der Waals surface area contributed by atoms with E-state index in [2.05, 4.69) is 46.5 Å². The molecule has 0 saturated carbocycles. The van der Waals surface area contributed by atoms with E-state index in [-0.39, 0.29) is 6.61 Å². The summed E-state index contributed by atoms with van der Waals surface area (Å²) in [6.07, 6.45) is 17.3. The van der Waals surface area contributed by atoms with Crippen molar-refractivity contribution in [3.05, 3.63) is 59.7 Å². The SMILES string of the molecule is CC1C=C(c2cnc(CC[C@H](NC(=O)OC(C)(C)C)C(=O)OCC3=CC=CCC3)[nH]2)C=CC1. The Morgan fingerprint density at radius 2 is 2.12 bits per heavy atom. The van der Waals surface area contributed by atoms with E-state index in [4.69, 9.17) is 9.47 Å². The number of aromatic nitrogens is 2. The number of carbonyl (C=O) groups is 2. The molecule has 0 saturated heterocycles. The van der Waals surface area contributed by atoms with Crippen LogP contribution in [-0.4, -0.2) is 40.3 Å². The third-order valence-electron chi connectivity index (χ3n) is 5.35. The summed E-state index contributed by atoms with van der Waals surface area (Å²) in [7, 11) is 0. The van der Waals surface area contributed by atoms with E-state index in [0.717, 1.165) is 41.9 Å². The summed E-state index contributed by atoms with van der Waals surface area (Å²) in [4.78, 5) is 32.9. The maximum atomic E-state index is 12.8. The van der Waals surface area contributed by atoms with Gasteiger partial charge in [-0.1, -0.05) is 43.4 Å². The molecule has 7 nitrogen and oxygen atoms in total. The number of hydrogen-bond donors (Lipinski definition) is 2. The van der Waals surface area contributed by atoms with Crippen LogP contribution >= 0.6 is 0 Å². The van der Waals surface area contributed by atoms with Crippen LogP contribution in [0, 0.1) is 5.92 Å². The van der Waals surface area contributed by atoms with Gasteiger partial charge in [-0.3, -0.25) is 0 Å². The Hall–Kier alpha value is -3.09. The Labute approximate surface area is 196 Å². The summed E-state index contributed by atoms with van der Waals surface area (Å²) in [6.45, 7) is 7.74. The molecule has 178 valence electrons. The molecule has 7 heteroatoms. The molecule has 2 atom stereocenters. The summed E-state index contributed by atoms with van der Waals surface area (Å²) >= 11 is 0. The molecule has 1 aromatic rings. The summed E-state index contributed by atoms with van der Waals surface area (Å²) in [6, 6.07) is -0.832. The first-order chi connectivity index (χ1) is 15.7. The highest BCUT2D eigenvalue weighted by molar-refractivity contribution is 5.81. The lowest BCUT2D eigenvalue weighted by molar-refractivity contribution is -0.145. The Bertz CT molecular complexity index is 962. The van der Waals surface area contributed by atoms with E-state index in [1.165, 1.54) is 0 Å². The molecule has 1 aromatic heterocycles. The molecule has 2 N–H and O–H groups in total. The van der Waals surface area contributed by atoms with Crippen molar-refractivity contribution in [1.29, 1.82) is 0 Å². The first-order valence-electron chi connectivity index (χ1n) is 11.6. The van der Waals surface area contributed by atoms with Gasteiger partial charge >= 0.3 is 12.1 Å².